The Bertz CT molecular complexity index is 276. The molecule has 4 heteroatoms. The second-order valence-corrected chi connectivity index (χ2v) is 1.92. The predicted molar refractivity (Wildman–Crippen MR) is 28.3 cm³/mol. The fourth-order valence-corrected chi connectivity index (χ4v) is 0.821. The summed E-state index contributed by atoms with van der Waals surface area (Å²) in [7, 11) is 0. The topological polar surface area (TPSA) is 55.0 Å². The maximum Gasteiger partial charge on any atom is 0.365 e. The van der Waals surface area contributed by atoms with E-state index < -0.39 is 0 Å². The number of fused-ring (bicyclic) bond motifs is 2. The van der Waals surface area contributed by atoms with Gasteiger partial charge in [-0.1, -0.05) is 0 Å². The molecule has 0 aliphatic carbocycles. The van der Waals surface area contributed by atoms with Crippen LogP contribution in [0.15, 0.2) is 0 Å². The molecule has 1 N–H and O–H groups in total. The third-order valence-corrected chi connectivity index (χ3v) is 1.35. The Balaban J connectivity index is 2.75. The van der Waals surface area contributed by atoms with Crippen LogP contribution in [0.2, 0.25) is 0 Å². The molecule has 0 atom stereocenters. The number of H-pyrrole nitrogens is 1. The Morgan fingerprint density at radius 2 is 2.44 bits per heavy atom. The van der Waals surface area contributed by atoms with Crippen molar-refractivity contribution < 1.29 is 9.53 Å². The van der Waals surface area contributed by atoms with Crippen LogP contribution in [0.3, 0.4) is 0 Å². The van der Waals surface area contributed by atoms with E-state index >= 15 is 0 Å². The molecule has 0 unspecified atom stereocenters. The van der Waals surface area contributed by atoms with E-state index in [9.17, 15) is 4.79 Å². The number of carbonyl (C=O) groups is 1. The van der Waals surface area contributed by atoms with E-state index in [4.69, 9.17) is 0 Å². The lowest BCUT2D eigenvalue weighted by Gasteiger charge is -1.92. The van der Waals surface area contributed by atoms with E-state index in [2.05, 4.69) is 14.9 Å². The zero-order valence-corrected chi connectivity index (χ0v) is 4.76. The van der Waals surface area contributed by atoms with Crippen molar-refractivity contribution in [2.24, 2.45) is 0 Å². The molecule has 46 valence electrons. The summed E-state index contributed by atoms with van der Waals surface area (Å²) in [6.45, 7) is 1.79. The van der Waals surface area contributed by atoms with Gasteiger partial charge in [-0.3, -0.25) is 0 Å². The Kier molecular flexibility index (Phi) is 0.582. The molecular weight excluding hydrogens is 120 g/mol. The van der Waals surface area contributed by atoms with Crippen LogP contribution in [0.5, 0.6) is 5.88 Å². The summed E-state index contributed by atoms with van der Waals surface area (Å²) < 4.78 is 4.67. The van der Waals surface area contributed by atoms with E-state index in [0.717, 1.165) is 5.56 Å². The lowest BCUT2D eigenvalue weighted by atomic mass is 10.3. The number of carbonyl (C=O) groups excluding carboxylic acids is 1. The van der Waals surface area contributed by atoms with Crippen LogP contribution in [0, 0.1) is 6.92 Å². The average Bonchev–Trinajstić information content (AvgIpc) is 2.25. The number of hydrogen-bond acceptors (Lipinski definition) is 3. The lowest BCUT2D eigenvalue weighted by Crippen LogP contribution is -2.07. The summed E-state index contributed by atoms with van der Waals surface area (Å²) in [6, 6.07) is 0. The van der Waals surface area contributed by atoms with Crippen LogP contribution in [0.4, 0.5) is 0 Å². The number of hydrogen-bond donors (Lipinski definition) is 1. The highest BCUT2D eigenvalue weighted by molar-refractivity contribution is 5.94. The van der Waals surface area contributed by atoms with Crippen LogP contribution in [0.1, 0.15) is 16.1 Å². The molecule has 9 heavy (non-hydrogen) atoms. The smallest absolute Gasteiger partial charge is 0.365 e. The number of rotatable bonds is 0. The van der Waals surface area contributed by atoms with E-state index in [1.54, 1.807) is 6.92 Å². The molecule has 1 aliphatic heterocycles. The average molecular weight is 124 g/mol. The molecule has 0 saturated carbocycles. The zero-order valence-electron chi connectivity index (χ0n) is 4.76. The highest BCUT2D eigenvalue weighted by Crippen LogP contribution is 2.24. The summed E-state index contributed by atoms with van der Waals surface area (Å²) in [4.78, 5) is 10.6. The molecule has 2 rings (SSSR count). The van der Waals surface area contributed by atoms with Crippen LogP contribution < -0.4 is 4.74 Å². The Morgan fingerprint density at radius 3 is 2.67 bits per heavy atom. The van der Waals surface area contributed by atoms with Crippen LogP contribution in [-0.4, -0.2) is 16.2 Å². The van der Waals surface area contributed by atoms with Gasteiger partial charge in [-0.2, -0.15) is 5.10 Å². The first kappa shape index (κ1) is 4.55. The molecule has 2 bridgehead atoms. The predicted octanol–water partition coefficient (Wildman–Crippen LogP) is 0.251. The summed E-state index contributed by atoms with van der Waals surface area (Å²) in [5, 5.41) is 6.24. The first-order valence-corrected chi connectivity index (χ1v) is 2.56. The quantitative estimate of drug-likeness (QED) is 0.504. The number of nitrogens with one attached hydrogen (secondary N) is 1. The van der Waals surface area contributed by atoms with Gasteiger partial charge in [0.25, 0.3) is 0 Å². The highest BCUT2D eigenvalue weighted by atomic mass is 16.6. The molecule has 0 spiro atoms. The Morgan fingerprint density at radius 1 is 1.67 bits per heavy atom. The minimum absolute atomic E-state index is 0.346. The van der Waals surface area contributed by atoms with E-state index in [0.29, 0.717) is 11.6 Å². The van der Waals surface area contributed by atoms with Crippen LogP contribution in [0.25, 0.3) is 0 Å². The van der Waals surface area contributed by atoms with Crippen molar-refractivity contribution in [3.8, 4) is 5.88 Å². The van der Waals surface area contributed by atoms with Crippen molar-refractivity contribution in [3.05, 3.63) is 11.3 Å². The third kappa shape index (κ3) is 0.378. The first-order chi connectivity index (χ1) is 4.29. The van der Waals surface area contributed by atoms with E-state index in [1.807, 2.05) is 0 Å². The number of ether oxygens (including phenoxy) is 1. The van der Waals surface area contributed by atoms with Gasteiger partial charge in [0, 0.05) is 5.56 Å². The number of nitrogens with zero attached hydrogens (tertiary/aromatic N) is 1. The molecule has 0 aromatic carbocycles. The lowest BCUT2D eigenvalue weighted by molar-refractivity contribution is 0.0728. The monoisotopic (exact) mass is 124 g/mol. The SMILES string of the molecule is Cc1c2n[nH]c1OC2=O. The first-order valence-electron chi connectivity index (χ1n) is 2.56. The van der Waals surface area contributed by atoms with Crippen molar-refractivity contribution >= 4 is 5.97 Å². The Labute approximate surface area is 50.8 Å². The maximum atomic E-state index is 10.6. The van der Waals surface area contributed by atoms with Gasteiger partial charge in [-0.15, -0.1) is 0 Å². The minimum atomic E-state index is -0.346. The van der Waals surface area contributed by atoms with Crippen molar-refractivity contribution in [3.63, 3.8) is 0 Å². The summed E-state index contributed by atoms with van der Waals surface area (Å²) >= 11 is 0. The second kappa shape index (κ2) is 1.15. The van der Waals surface area contributed by atoms with Gasteiger partial charge in [-0.25, -0.2) is 9.89 Å². The summed E-state index contributed by atoms with van der Waals surface area (Å²) in [5.74, 6) is 0.135. The molecule has 1 aromatic heterocycles. The van der Waals surface area contributed by atoms with Gasteiger partial charge >= 0.3 is 5.97 Å². The Hall–Kier alpha value is -1.32. The number of aromatic nitrogens is 2. The summed E-state index contributed by atoms with van der Waals surface area (Å²) in [5.41, 5.74) is 1.21. The fourth-order valence-electron chi connectivity index (χ4n) is 0.821. The van der Waals surface area contributed by atoms with Crippen molar-refractivity contribution in [1.82, 2.24) is 10.2 Å². The molecule has 0 fully saturated rings. The normalized spacial score (nSPS) is 14.1. The van der Waals surface area contributed by atoms with Gasteiger partial charge < -0.3 is 4.74 Å². The molecule has 0 saturated heterocycles. The van der Waals surface area contributed by atoms with Gasteiger partial charge in [0.05, 0.1) is 0 Å². The highest BCUT2D eigenvalue weighted by Gasteiger charge is 2.27. The largest absolute Gasteiger partial charge is 0.403 e. The van der Waals surface area contributed by atoms with Gasteiger partial charge in [0.2, 0.25) is 5.88 Å². The molecule has 0 radical (unpaired) electrons. The summed E-state index contributed by atoms with van der Waals surface area (Å²) in [6.07, 6.45) is 0. The van der Waals surface area contributed by atoms with Crippen molar-refractivity contribution in [1.29, 1.82) is 0 Å². The third-order valence-electron chi connectivity index (χ3n) is 1.35. The fraction of sp³-hybridized carbons (Fsp3) is 0.200. The van der Waals surface area contributed by atoms with E-state index in [1.165, 1.54) is 0 Å². The van der Waals surface area contributed by atoms with Gasteiger partial charge in [0.15, 0.2) is 5.69 Å². The standard InChI is InChI=1S/C5H4N2O2/c1-2-3-5(8)9-4(2)7-6-3/h1H3,(H,6,7). The minimum Gasteiger partial charge on any atom is -0.403 e. The zero-order chi connectivity index (χ0) is 6.43. The van der Waals surface area contributed by atoms with Gasteiger partial charge in [0.1, 0.15) is 0 Å². The molecule has 0 amide bonds. The van der Waals surface area contributed by atoms with Crippen LogP contribution in [-0.2, 0) is 0 Å². The van der Waals surface area contributed by atoms with Crippen molar-refractivity contribution in [2.75, 3.05) is 0 Å². The molecule has 4 nitrogen and oxygen atoms in total. The number of aromatic amines is 1. The molecule has 2 heterocycles. The van der Waals surface area contributed by atoms with Crippen molar-refractivity contribution in [2.45, 2.75) is 6.92 Å². The molecule has 1 aliphatic rings. The second-order valence-electron chi connectivity index (χ2n) is 1.92. The molecule has 1 aromatic rings. The molecular formula is C5H4N2O2. The van der Waals surface area contributed by atoms with Crippen LogP contribution >= 0.6 is 0 Å². The van der Waals surface area contributed by atoms with Gasteiger partial charge in [-0.05, 0) is 6.92 Å². The maximum absolute atomic E-state index is 10.6. The van der Waals surface area contributed by atoms with E-state index in [-0.39, 0.29) is 5.97 Å². The number of esters is 1.